The van der Waals surface area contributed by atoms with Gasteiger partial charge in [-0.3, -0.25) is 0 Å². The van der Waals surface area contributed by atoms with Gasteiger partial charge in [-0.1, -0.05) is 6.08 Å². The van der Waals surface area contributed by atoms with Crippen molar-refractivity contribution in [3.63, 3.8) is 0 Å². The summed E-state index contributed by atoms with van der Waals surface area (Å²) in [5.41, 5.74) is 0. The van der Waals surface area contributed by atoms with Crippen LogP contribution in [0.15, 0.2) is 12.7 Å². The van der Waals surface area contributed by atoms with Gasteiger partial charge in [0.1, 0.15) is 0 Å². The molecule has 0 aliphatic rings. The van der Waals surface area contributed by atoms with Gasteiger partial charge >= 0.3 is 14.6 Å². The van der Waals surface area contributed by atoms with E-state index >= 15 is 0 Å². The third-order valence-corrected chi connectivity index (χ3v) is 0. The van der Waals surface area contributed by atoms with Gasteiger partial charge in [-0.25, -0.2) is 0 Å². The Morgan fingerprint density at radius 1 is 0.909 bits per heavy atom. The van der Waals surface area contributed by atoms with Crippen LogP contribution in [0.5, 0.6) is 0 Å². The minimum absolute atomic E-state index is 1.75. The molecule has 0 aromatic carbocycles. The first-order valence-electron chi connectivity index (χ1n) is 2.53. The lowest BCUT2D eigenvalue weighted by Gasteiger charge is -1.69. The molecule has 0 bridgehead atoms. The highest BCUT2D eigenvalue weighted by Gasteiger charge is 1.93. The molecule has 0 amide bonds. The topological polar surface area (TPSA) is 121 Å². The Balaban J connectivity index is -0.0000000886. The first-order chi connectivity index (χ1) is 4.88. The number of hydrogen-bond donors (Lipinski definition) is 6. The van der Waals surface area contributed by atoms with Crippen LogP contribution in [0, 0.1) is 0 Å². The molecule has 0 radical (unpaired) electrons. The Bertz CT molecular complexity index is 55.3. The summed E-state index contributed by atoms with van der Waals surface area (Å²) in [6.07, 6.45) is 1.75. The zero-order valence-corrected chi connectivity index (χ0v) is 6.12. The smallest absolute Gasteiger partial charge is 0.402 e. The van der Waals surface area contributed by atoms with Crippen LogP contribution >= 0.6 is 0 Å². The van der Waals surface area contributed by atoms with Gasteiger partial charge in [0.15, 0.2) is 0 Å². The van der Waals surface area contributed by atoms with Crippen LogP contribution in [0.25, 0.3) is 0 Å². The maximum Gasteiger partial charge on any atom is 0.631 e. The average Bonchev–Trinajstić information content (AvgIpc) is 1.60. The van der Waals surface area contributed by atoms with E-state index in [1.807, 2.05) is 6.92 Å². The molecule has 0 aliphatic heterocycles. The highest BCUT2D eigenvalue weighted by Crippen LogP contribution is 1.40. The number of allylic oxidation sites excluding steroid dienone is 1. The van der Waals surface area contributed by atoms with Crippen molar-refractivity contribution in [2.45, 2.75) is 6.92 Å². The Kier molecular flexibility index (Phi) is 25.1. The second kappa shape index (κ2) is 16.3. The summed E-state index contributed by atoms with van der Waals surface area (Å²) in [6.45, 7) is 5.25. The van der Waals surface area contributed by atoms with Crippen LogP contribution in [0.2, 0.25) is 0 Å². The Morgan fingerprint density at radius 2 is 0.909 bits per heavy atom. The van der Waals surface area contributed by atoms with Crippen LogP contribution in [0.1, 0.15) is 6.92 Å². The molecule has 0 heterocycles. The predicted molar refractivity (Wildman–Crippen MR) is 40.7 cm³/mol. The number of rotatable bonds is 0. The van der Waals surface area contributed by atoms with Gasteiger partial charge in [-0.05, 0) is 6.92 Å². The quantitative estimate of drug-likeness (QED) is 0.169. The minimum atomic E-state index is -2.17. The Labute approximate surface area is 65.4 Å². The Morgan fingerprint density at radius 3 is 0.909 bits per heavy atom. The third-order valence-electron chi connectivity index (χ3n) is 0. The summed E-state index contributed by atoms with van der Waals surface area (Å²) in [5.74, 6) is 0. The molecule has 0 saturated heterocycles. The SMILES string of the molecule is C=CC.OB(O)O.OB(O)O. The van der Waals surface area contributed by atoms with E-state index in [9.17, 15) is 0 Å². The second-order valence-electron chi connectivity index (χ2n) is 1.10. The fourth-order valence-corrected chi connectivity index (χ4v) is 0. The normalized spacial score (nSPS) is 6.09. The van der Waals surface area contributed by atoms with E-state index in [4.69, 9.17) is 30.1 Å². The van der Waals surface area contributed by atoms with Gasteiger partial charge in [0, 0.05) is 0 Å². The predicted octanol–water partition coefficient (Wildman–Crippen LogP) is -2.91. The molecule has 0 spiro atoms. The molecule has 0 rings (SSSR count). The van der Waals surface area contributed by atoms with E-state index in [1.54, 1.807) is 6.08 Å². The lowest BCUT2D eigenvalue weighted by molar-refractivity contribution is 0.276. The van der Waals surface area contributed by atoms with Crippen molar-refractivity contribution in [1.29, 1.82) is 0 Å². The largest absolute Gasteiger partial charge is 0.631 e. The van der Waals surface area contributed by atoms with Gasteiger partial charge < -0.3 is 30.1 Å². The molecule has 0 fully saturated rings. The lowest BCUT2D eigenvalue weighted by Crippen LogP contribution is -2.07. The molecule has 0 aliphatic carbocycles. The molecule has 0 saturated carbocycles. The van der Waals surface area contributed by atoms with Crippen LogP contribution in [-0.2, 0) is 0 Å². The van der Waals surface area contributed by atoms with Gasteiger partial charge in [-0.15, -0.1) is 6.58 Å². The van der Waals surface area contributed by atoms with E-state index in [0.29, 0.717) is 0 Å². The van der Waals surface area contributed by atoms with Crippen molar-refractivity contribution in [3.05, 3.63) is 12.7 Å². The van der Waals surface area contributed by atoms with Gasteiger partial charge in [0.25, 0.3) is 0 Å². The molecule has 0 aromatic rings. The average molecular weight is 166 g/mol. The monoisotopic (exact) mass is 166 g/mol. The molecular formula is C3H12B2O6. The van der Waals surface area contributed by atoms with Crippen LogP contribution in [0.4, 0.5) is 0 Å². The van der Waals surface area contributed by atoms with Crippen molar-refractivity contribution in [3.8, 4) is 0 Å². The van der Waals surface area contributed by atoms with Gasteiger partial charge in [0.2, 0.25) is 0 Å². The maximum atomic E-state index is 7.17. The summed E-state index contributed by atoms with van der Waals surface area (Å²) in [5, 5.41) is 43.0. The summed E-state index contributed by atoms with van der Waals surface area (Å²) in [4.78, 5) is 0. The van der Waals surface area contributed by atoms with E-state index in [0.717, 1.165) is 0 Å². The van der Waals surface area contributed by atoms with Crippen LogP contribution in [-0.4, -0.2) is 44.8 Å². The molecule has 66 valence electrons. The fraction of sp³-hybridized carbons (Fsp3) is 0.333. The first kappa shape index (κ1) is 16.9. The highest BCUT2D eigenvalue weighted by atomic mass is 16.5. The minimum Gasteiger partial charge on any atom is -0.402 e. The molecule has 0 unspecified atom stereocenters. The molecule has 6 nitrogen and oxygen atoms in total. The standard InChI is InChI=1S/C3H6.2BH3O3/c1-3-2;2*2-1(3)4/h3H,1H2,2H3;2*2-4H. The summed E-state index contributed by atoms with van der Waals surface area (Å²) in [6, 6.07) is 0. The van der Waals surface area contributed by atoms with E-state index < -0.39 is 14.6 Å². The van der Waals surface area contributed by atoms with Crippen molar-refractivity contribution in [2.24, 2.45) is 0 Å². The Hall–Kier alpha value is -0.370. The molecule has 8 heteroatoms. The van der Waals surface area contributed by atoms with Gasteiger partial charge in [-0.2, -0.15) is 0 Å². The van der Waals surface area contributed by atoms with Crippen molar-refractivity contribution >= 4 is 14.6 Å². The second-order valence-corrected chi connectivity index (χ2v) is 1.10. The fourth-order valence-electron chi connectivity index (χ4n) is 0. The summed E-state index contributed by atoms with van der Waals surface area (Å²) in [7, 11) is -4.33. The van der Waals surface area contributed by atoms with Crippen molar-refractivity contribution in [2.75, 3.05) is 0 Å². The third kappa shape index (κ3) is 4090. The van der Waals surface area contributed by atoms with E-state index in [-0.39, 0.29) is 0 Å². The van der Waals surface area contributed by atoms with Crippen LogP contribution < -0.4 is 0 Å². The summed E-state index contributed by atoms with van der Waals surface area (Å²) < 4.78 is 0. The van der Waals surface area contributed by atoms with E-state index in [1.165, 1.54) is 0 Å². The molecule has 6 N–H and O–H groups in total. The zero-order valence-electron chi connectivity index (χ0n) is 6.12. The van der Waals surface area contributed by atoms with E-state index in [2.05, 4.69) is 6.58 Å². The molecule has 0 aromatic heterocycles. The van der Waals surface area contributed by atoms with Crippen molar-refractivity contribution < 1.29 is 30.1 Å². The summed E-state index contributed by atoms with van der Waals surface area (Å²) >= 11 is 0. The molecule has 11 heavy (non-hydrogen) atoms. The molecule has 0 atom stereocenters. The number of hydrogen-bond acceptors (Lipinski definition) is 6. The lowest BCUT2D eigenvalue weighted by atomic mass is 10.3. The molecular weight excluding hydrogens is 154 g/mol. The van der Waals surface area contributed by atoms with Crippen LogP contribution in [0.3, 0.4) is 0 Å². The maximum absolute atomic E-state index is 7.17. The van der Waals surface area contributed by atoms with Crippen molar-refractivity contribution in [1.82, 2.24) is 0 Å². The highest BCUT2D eigenvalue weighted by molar-refractivity contribution is 6.30. The van der Waals surface area contributed by atoms with Gasteiger partial charge in [0.05, 0.1) is 0 Å². The first-order valence-corrected chi connectivity index (χ1v) is 2.53. The zero-order chi connectivity index (χ0) is 9.86.